The van der Waals surface area contributed by atoms with Crippen molar-refractivity contribution in [3.8, 4) is 17.2 Å². The first-order chi connectivity index (χ1) is 13.7. The number of aromatic nitrogens is 2. The van der Waals surface area contributed by atoms with Crippen molar-refractivity contribution in [1.29, 1.82) is 0 Å². The van der Waals surface area contributed by atoms with Gasteiger partial charge in [0.1, 0.15) is 11.2 Å². The zero-order valence-corrected chi connectivity index (χ0v) is 16.9. The molecule has 7 nitrogen and oxygen atoms in total. The van der Waals surface area contributed by atoms with Crippen LogP contribution >= 0.6 is 11.3 Å². The second-order valence-electron chi connectivity index (χ2n) is 6.44. The fourth-order valence-electron chi connectivity index (χ4n) is 3.52. The van der Waals surface area contributed by atoms with E-state index >= 15 is 0 Å². The van der Waals surface area contributed by atoms with Gasteiger partial charge in [-0.3, -0.25) is 5.43 Å². The topological polar surface area (TPSA) is 77.9 Å². The van der Waals surface area contributed by atoms with Gasteiger partial charge in [0.2, 0.25) is 5.75 Å². The van der Waals surface area contributed by atoms with Crippen LogP contribution in [0.25, 0.3) is 10.2 Å². The molecule has 3 aromatic rings. The fourth-order valence-corrected chi connectivity index (χ4v) is 4.75. The van der Waals surface area contributed by atoms with Gasteiger partial charge >= 0.3 is 0 Å². The molecule has 0 bridgehead atoms. The maximum Gasteiger partial charge on any atom is 0.203 e. The maximum atomic E-state index is 5.39. The van der Waals surface area contributed by atoms with Gasteiger partial charge in [-0.25, -0.2) is 9.97 Å². The van der Waals surface area contributed by atoms with Crippen LogP contribution in [-0.4, -0.2) is 37.5 Å². The van der Waals surface area contributed by atoms with E-state index in [9.17, 15) is 0 Å². The molecule has 1 aliphatic rings. The van der Waals surface area contributed by atoms with E-state index in [0.29, 0.717) is 17.2 Å². The predicted molar refractivity (Wildman–Crippen MR) is 111 cm³/mol. The molecule has 1 N–H and O–H groups in total. The van der Waals surface area contributed by atoms with Crippen molar-refractivity contribution in [3.63, 3.8) is 0 Å². The first-order valence-electron chi connectivity index (χ1n) is 9.09. The number of anilines is 1. The molecule has 2 aromatic heterocycles. The van der Waals surface area contributed by atoms with E-state index in [1.807, 2.05) is 12.1 Å². The lowest BCUT2D eigenvalue weighted by atomic mass is 9.97. The minimum absolute atomic E-state index is 0.553. The van der Waals surface area contributed by atoms with Crippen LogP contribution in [0.15, 0.2) is 23.6 Å². The van der Waals surface area contributed by atoms with Crippen LogP contribution in [0.4, 0.5) is 5.82 Å². The number of nitrogens with zero attached hydrogens (tertiary/aromatic N) is 3. The van der Waals surface area contributed by atoms with Crippen LogP contribution < -0.4 is 19.6 Å². The average Bonchev–Trinajstić information content (AvgIpc) is 3.12. The minimum atomic E-state index is 0.553. The van der Waals surface area contributed by atoms with Crippen LogP contribution in [-0.2, 0) is 12.8 Å². The third kappa shape index (κ3) is 3.35. The molecule has 0 fully saturated rings. The SMILES string of the molecule is COc1cc(/C=N/Nc2ncnc3sc4c(c23)CCCC4)cc(OC)c1OC. The molecule has 8 heteroatoms. The van der Waals surface area contributed by atoms with Crippen LogP contribution in [0.1, 0.15) is 28.8 Å². The lowest BCUT2D eigenvalue weighted by Gasteiger charge is -2.12. The van der Waals surface area contributed by atoms with E-state index in [4.69, 9.17) is 14.2 Å². The van der Waals surface area contributed by atoms with Gasteiger partial charge in [0.25, 0.3) is 0 Å². The van der Waals surface area contributed by atoms with Crippen molar-refractivity contribution in [2.45, 2.75) is 25.7 Å². The number of thiophene rings is 1. The third-order valence-corrected chi connectivity index (χ3v) is 6.02. The number of ether oxygens (including phenoxy) is 3. The Bertz CT molecular complexity index is 1010. The van der Waals surface area contributed by atoms with Gasteiger partial charge in [-0.15, -0.1) is 11.3 Å². The first kappa shape index (κ1) is 18.5. The average molecular weight is 398 g/mol. The molecular weight excluding hydrogens is 376 g/mol. The molecule has 0 unspecified atom stereocenters. The van der Waals surface area contributed by atoms with Crippen molar-refractivity contribution in [2.24, 2.45) is 5.10 Å². The van der Waals surface area contributed by atoms with Crippen molar-refractivity contribution >= 4 is 33.6 Å². The fraction of sp³-hybridized carbons (Fsp3) is 0.350. The van der Waals surface area contributed by atoms with Gasteiger partial charge < -0.3 is 14.2 Å². The van der Waals surface area contributed by atoms with Gasteiger partial charge in [0.05, 0.1) is 32.9 Å². The normalized spacial score (nSPS) is 13.5. The smallest absolute Gasteiger partial charge is 0.203 e. The summed E-state index contributed by atoms with van der Waals surface area (Å²) in [5, 5.41) is 5.49. The van der Waals surface area contributed by atoms with Gasteiger partial charge in [0.15, 0.2) is 17.3 Å². The molecule has 0 spiro atoms. The monoisotopic (exact) mass is 398 g/mol. The lowest BCUT2D eigenvalue weighted by Crippen LogP contribution is -2.01. The maximum absolute atomic E-state index is 5.39. The molecule has 146 valence electrons. The van der Waals surface area contributed by atoms with Gasteiger partial charge in [-0.1, -0.05) is 0 Å². The Hall–Kier alpha value is -2.87. The Kier molecular flexibility index (Phi) is 5.29. The molecule has 0 saturated carbocycles. The summed E-state index contributed by atoms with van der Waals surface area (Å²) in [6.45, 7) is 0. The number of methoxy groups -OCH3 is 3. The summed E-state index contributed by atoms with van der Waals surface area (Å²) >= 11 is 1.77. The Morgan fingerprint density at radius 1 is 1.04 bits per heavy atom. The molecular formula is C20H22N4O3S. The largest absolute Gasteiger partial charge is 0.493 e. The summed E-state index contributed by atoms with van der Waals surface area (Å²) in [5.74, 6) is 2.46. The second kappa shape index (κ2) is 8.02. The highest BCUT2D eigenvalue weighted by Gasteiger charge is 2.19. The highest BCUT2D eigenvalue weighted by molar-refractivity contribution is 7.19. The predicted octanol–water partition coefficient (Wildman–Crippen LogP) is 4.04. The van der Waals surface area contributed by atoms with Gasteiger partial charge in [-0.05, 0) is 43.4 Å². The number of hydrazone groups is 1. The molecule has 0 radical (unpaired) electrons. The number of hydrogen-bond donors (Lipinski definition) is 1. The van der Waals surface area contributed by atoms with E-state index < -0.39 is 0 Å². The highest BCUT2D eigenvalue weighted by atomic mass is 32.1. The minimum Gasteiger partial charge on any atom is -0.493 e. The highest BCUT2D eigenvalue weighted by Crippen LogP contribution is 2.39. The zero-order chi connectivity index (χ0) is 19.5. The van der Waals surface area contributed by atoms with Crippen molar-refractivity contribution < 1.29 is 14.2 Å². The number of hydrogen-bond acceptors (Lipinski definition) is 8. The standard InChI is InChI=1S/C20H22N4O3S/c1-25-14-8-12(9-15(26-2)18(14)27-3)10-23-24-19-17-13-6-4-5-7-16(13)28-20(17)22-11-21-19/h8-11H,4-7H2,1-3H3,(H,21,22,24)/b23-10+. The van der Waals surface area contributed by atoms with Crippen molar-refractivity contribution in [2.75, 3.05) is 26.8 Å². The van der Waals surface area contributed by atoms with Crippen LogP contribution in [0.3, 0.4) is 0 Å². The molecule has 1 aromatic carbocycles. The number of rotatable bonds is 6. The molecule has 4 rings (SSSR count). The zero-order valence-electron chi connectivity index (χ0n) is 16.1. The van der Waals surface area contributed by atoms with Crippen LogP contribution in [0.2, 0.25) is 0 Å². The Morgan fingerprint density at radius 3 is 2.50 bits per heavy atom. The van der Waals surface area contributed by atoms with Gasteiger partial charge in [-0.2, -0.15) is 5.10 Å². The van der Waals surface area contributed by atoms with Crippen LogP contribution in [0, 0.1) is 0 Å². The summed E-state index contributed by atoms with van der Waals surface area (Å²) in [5.41, 5.74) is 5.28. The summed E-state index contributed by atoms with van der Waals surface area (Å²) in [6, 6.07) is 3.68. The summed E-state index contributed by atoms with van der Waals surface area (Å²) < 4.78 is 16.1. The number of nitrogens with one attached hydrogen (secondary N) is 1. The van der Waals surface area contributed by atoms with Crippen LogP contribution in [0.5, 0.6) is 17.2 Å². The Balaban J connectivity index is 1.63. The third-order valence-electron chi connectivity index (χ3n) is 4.82. The van der Waals surface area contributed by atoms with E-state index in [0.717, 1.165) is 34.4 Å². The van der Waals surface area contributed by atoms with E-state index in [1.165, 1.54) is 23.3 Å². The number of aryl methyl sites for hydroxylation is 2. The number of benzene rings is 1. The van der Waals surface area contributed by atoms with E-state index in [2.05, 4.69) is 20.5 Å². The van der Waals surface area contributed by atoms with Crippen molar-refractivity contribution in [3.05, 3.63) is 34.5 Å². The molecule has 2 heterocycles. The van der Waals surface area contributed by atoms with Crippen molar-refractivity contribution in [1.82, 2.24) is 9.97 Å². The molecule has 1 aliphatic carbocycles. The molecule has 0 saturated heterocycles. The first-order valence-corrected chi connectivity index (χ1v) is 9.91. The summed E-state index contributed by atoms with van der Waals surface area (Å²) in [6.07, 6.45) is 7.95. The Morgan fingerprint density at radius 2 is 1.79 bits per heavy atom. The molecule has 0 amide bonds. The Labute approximate surface area is 167 Å². The molecule has 28 heavy (non-hydrogen) atoms. The quantitative estimate of drug-likeness (QED) is 0.499. The van der Waals surface area contributed by atoms with E-state index in [1.54, 1.807) is 45.2 Å². The van der Waals surface area contributed by atoms with Gasteiger partial charge in [0, 0.05) is 10.4 Å². The second-order valence-corrected chi connectivity index (χ2v) is 7.53. The summed E-state index contributed by atoms with van der Waals surface area (Å²) in [4.78, 5) is 11.3. The summed E-state index contributed by atoms with van der Waals surface area (Å²) in [7, 11) is 4.76. The number of fused-ring (bicyclic) bond motifs is 3. The molecule has 0 atom stereocenters. The lowest BCUT2D eigenvalue weighted by molar-refractivity contribution is 0.324. The van der Waals surface area contributed by atoms with E-state index in [-0.39, 0.29) is 0 Å². The molecule has 0 aliphatic heterocycles.